The van der Waals surface area contributed by atoms with Gasteiger partial charge in [-0.05, 0) is 49.9 Å². The van der Waals surface area contributed by atoms with Gasteiger partial charge in [0.2, 0.25) is 0 Å². The van der Waals surface area contributed by atoms with Gasteiger partial charge in [0.15, 0.2) is 0 Å². The first-order valence-corrected chi connectivity index (χ1v) is 11.0. The molecule has 4 rings (SSSR count). The lowest BCUT2D eigenvalue weighted by atomic mass is 10.0. The highest BCUT2D eigenvalue weighted by molar-refractivity contribution is 6.30. The van der Waals surface area contributed by atoms with Gasteiger partial charge in [0.25, 0.3) is 5.56 Å². The van der Waals surface area contributed by atoms with Gasteiger partial charge in [-0.2, -0.15) is 5.10 Å². The molecule has 0 saturated carbocycles. The monoisotopic (exact) mass is 425 g/mol. The molecule has 0 amide bonds. The molecule has 158 valence electrons. The van der Waals surface area contributed by atoms with Gasteiger partial charge in [-0.15, -0.1) is 0 Å². The number of rotatable bonds is 5. The molecule has 2 unspecified atom stereocenters. The fourth-order valence-electron chi connectivity index (χ4n) is 4.31. The highest BCUT2D eigenvalue weighted by atomic mass is 35.5. The van der Waals surface area contributed by atoms with E-state index in [2.05, 4.69) is 11.8 Å². The van der Waals surface area contributed by atoms with E-state index in [9.17, 15) is 4.79 Å². The van der Waals surface area contributed by atoms with Crippen LogP contribution in [0.5, 0.6) is 0 Å². The van der Waals surface area contributed by atoms with E-state index in [0.717, 1.165) is 59.4 Å². The Morgan fingerprint density at radius 2 is 1.83 bits per heavy atom. The van der Waals surface area contributed by atoms with Crippen LogP contribution in [0.4, 0.5) is 0 Å². The first-order chi connectivity index (χ1) is 14.6. The van der Waals surface area contributed by atoms with Crippen molar-refractivity contribution in [1.29, 1.82) is 0 Å². The molecule has 1 aliphatic rings. The Morgan fingerprint density at radius 3 is 2.57 bits per heavy atom. The Bertz CT molecular complexity index is 1060. The van der Waals surface area contributed by atoms with Crippen molar-refractivity contribution in [1.82, 2.24) is 14.7 Å². The van der Waals surface area contributed by atoms with Crippen LogP contribution >= 0.6 is 11.6 Å². The van der Waals surface area contributed by atoms with Crippen molar-refractivity contribution in [3.63, 3.8) is 0 Å². The smallest absolute Gasteiger partial charge is 0.274 e. The van der Waals surface area contributed by atoms with E-state index < -0.39 is 0 Å². The predicted molar refractivity (Wildman–Crippen MR) is 121 cm³/mol. The molecule has 2 atom stereocenters. The van der Waals surface area contributed by atoms with Crippen molar-refractivity contribution >= 4 is 22.4 Å². The van der Waals surface area contributed by atoms with Crippen LogP contribution in [0.2, 0.25) is 5.02 Å². The Kier molecular flexibility index (Phi) is 6.52. The van der Waals surface area contributed by atoms with E-state index in [4.69, 9.17) is 21.4 Å². The third-order valence-corrected chi connectivity index (χ3v) is 6.38. The standard InChI is InChI=1S/C24H28ClN3O2/c1-17(30-2)27-14-5-6-20(13-15-27)28-24(29)22-8-4-3-7-21(22)23(26-28)16-18-9-11-19(25)12-10-18/h3-4,7-12,17,20H,5-6,13-16H2,1-2H3. The summed E-state index contributed by atoms with van der Waals surface area (Å²) in [6.45, 7) is 3.95. The molecule has 3 aromatic rings. The molecule has 0 aliphatic carbocycles. The minimum Gasteiger partial charge on any atom is -0.367 e. The molecule has 1 saturated heterocycles. The maximum Gasteiger partial charge on any atom is 0.274 e. The van der Waals surface area contributed by atoms with Crippen LogP contribution in [0.3, 0.4) is 0 Å². The van der Waals surface area contributed by atoms with Gasteiger partial charge >= 0.3 is 0 Å². The molecule has 1 aliphatic heterocycles. The average Bonchev–Trinajstić information content (AvgIpc) is 3.03. The quantitative estimate of drug-likeness (QED) is 0.596. The number of ether oxygens (including phenoxy) is 1. The second kappa shape index (κ2) is 9.29. The zero-order valence-corrected chi connectivity index (χ0v) is 18.3. The van der Waals surface area contributed by atoms with E-state index in [1.807, 2.05) is 48.5 Å². The first-order valence-electron chi connectivity index (χ1n) is 10.6. The number of likely N-dealkylation sites (tertiary alicyclic amines) is 1. The van der Waals surface area contributed by atoms with Gasteiger partial charge in [0.05, 0.1) is 17.1 Å². The number of halogens is 1. The normalized spacial score (nSPS) is 19.0. The molecule has 1 aromatic heterocycles. The summed E-state index contributed by atoms with van der Waals surface area (Å²) in [7, 11) is 1.74. The number of benzene rings is 2. The van der Waals surface area contributed by atoms with E-state index in [1.165, 1.54) is 0 Å². The summed E-state index contributed by atoms with van der Waals surface area (Å²) in [4.78, 5) is 15.6. The average molecular weight is 426 g/mol. The van der Waals surface area contributed by atoms with Crippen molar-refractivity contribution in [3.05, 3.63) is 75.2 Å². The van der Waals surface area contributed by atoms with Crippen molar-refractivity contribution in [2.24, 2.45) is 0 Å². The maximum absolute atomic E-state index is 13.3. The predicted octanol–water partition coefficient (Wildman–Crippen LogP) is 4.66. The van der Waals surface area contributed by atoms with E-state index in [1.54, 1.807) is 11.8 Å². The van der Waals surface area contributed by atoms with Gasteiger partial charge in [-0.25, -0.2) is 4.68 Å². The van der Waals surface area contributed by atoms with E-state index in [-0.39, 0.29) is 17.8 Å². The van der Waals surface area contributed by atoms with Gasteiger partial charge in [0, 0.05) is 37.0 Å². The molecule has 2 heterocycles. The molecule has 1 fully saturated rings. The van der Waals surface area contributed by atoms with Gasteiger partial charge < -0.3 is 4.74 Å². The zero-order chi connectivity index (χ0) is 21.1. The Morgan fingerprint density at radius 1 is 1.10 bits per heavy atom. The largest absolute Gasteiger partial charge is 0.367 e. The molecular weight excluding hydrogens is 398 g/mol. The highest BCUT2D eigenvalue weighted by Crippen LogP contribution is 2.25. The van der Waals surface area contributed by atoms with Crippen LogP contribution in [0.25, 0.3) is 10.8 Å². The molecule has 30 heavy (non-hydrogen) atoms. The number of nitrogens with zero attached hydrogens (tertiary/aromatic N) is 3. The van der Waals surface area contributed by atoms with Gasteiger partial charge in [-0.3, -0.25) is 9.69 Å². The Hall–Kier alpha value is -2.21. The minimum absolute atomic E-state index is 0.00342. The first kappa shape index (κ1) is 21.0. The van der Waals surface area contributed by atoms with Crippen LogP contribution in [0.15, 0.2) is 53.3 Å². The highest BCUT2D eigenvalue weighted by Gasteiger charge is 2.24. The third kappa shape index (κ3) is 4.43. The third-order valence-electron chi connectivity index (χ3n) is 6.12. The summed E-state index contributed by atoms with van der Waals surface area (Å²) < 4.78 is 7.24. The van der Waals surface area contributed by atoms with Crippen LogP contribution < -0.4 is 5.56 Å². The topological polar surface area (TPSA) is 47.4 Å². The summed E-state index contributed by atoms with van der Waals surface area (Å²) in [5, 5.41) is 7.28. The molecule has 2 aromatic carbocycles. The molecule has 5 nitrogen and oxygen atoms in total. The lowest BCUT2D eigenvalue weighted by Gasteiger charge is -2.26. The number of aromatic nitrogens is 2. The number of methoxy groups -OCH3 is 1. The lowest BCUT2D eigenvalue weighted by molar-refractivity contribution is -0.0172. The summed E-state index contributed by atoms with van der Waals surface area (Å²) in [5.41, 5.74) is 2.06. The molecule has 0 N–H and O–H groups in total. The number of hydrogen-bond acceptors (Lipinski definition) is 4. The van der Waals surface area contributed by atoms with E-state index >= 15 is 0 Å². The zero-order valence-electron chi connectivity index (χ0n) is 17.6. The van der Waals surface area contributed by atoms with E-state index in [0.29, 0.717) is 6.42 Å². The molecule has 6 heteroatoms. The van der Waals surface area contributed by atoms with Gasteiger partial charge in [0.1, 0.15) is 6.23 Å². The summed E-state index contributed by atoms with van der Waals surface area (Å²) in [5.74, 6) is 0. The number of fused-ring (bicyclic) bond motifs is 1. The fourth-order valence-corrected chi connectivity index (χ4v) is 4.43. The van der Waals surface area contributed by atoms with Crippen LogP contribution in [-0.2, 0) is 11.2 Å². The lowest BCUT2D eigenvalue weighted by Crippen LogP contribution is -2.35. The van der Waals surface area contributed by atoms with Crippen molar-refractivity contribution in [3.8, 4) is 0 Å². The van der Waals surface area contributed by atoms with Crippen LogP contribution in [0, 0.1) is 0 Å². The molecular formula is C24H28ClN3O2. The Balaban J connectivity index is 1.70. The molecule has 0 bridgehead atoms. The second-order valence-electron chi connectivity index (χ2n) is 8.00. The molecule has 0 radical (unpaired) electrons. The fraction of sp³-hybridized carbons (Fsp3) is 0.417. The van der Waals surface area contributed by atoms with Crippen LogP contribution in [-0.4, -0.2) is 41.1 Å². The summed E-state index contributed by atoms with van der Waals surface area (Å²) in [6, 6.07) is 15.7. The minimum atomic E-state index is 0.00342. The number of hydrogen-bond donors (Lipinski definition) is 0. The SMILES string of the molecule is COC(C)N1CCCC(n2nc(Cc3ccc(Cl)cc3)c3ccccc3c2=O)CC1. The van der Waals surface area contributed by atoms with Crippen molar-refractivity contribution < 1.29 is 4.74 Å². The summed E-state index contributed by atoms with van der Waals surface area (Å²) in [6.07, 6.45) is 3.60. The summed E-state index contributed by atoms with van der Waals surface area (Å²) >= 11 is 6.04. The van der Waals surface area contributed by atoms with Crippen LogP contribution in [0.1, 0.15) is 43.5 Å². The second-order valence-corrected chi connectivity index (χ2v) is 8.44. The van der Waals surface area contributed by atoms with Gasteiger partial charge in [-0.1, -0.05) is 41.9 Å². The van der Waals surface area contributed by atoms with Crippen molar-refractivity contribution in [2.75, 3.05) is 20.2 Å². The molecule has 0 spiro atoms. The Labute approximate surface area is 182 Å². The maximum atomic E-state index is 13.3. The van der Waals surface area contributed by atoms with Crippen molar-refractivity contribution in [2.45, 2.75) is 44.9 Å².